The molecule has 0 aromatic rings. The van der Waals surface area contributed by atoms with Crippen molar-refractivity contribution in [3.63, 3.8) is 0 Å². The SMILES string of the molecule is CC/C=C\C/C=C\C/C=C\C/C=C\C/C=C\CCCCCC(=O)OC(COC(=O)CCCCCCCCC/C=C\C/C=C\C/C=C\CC)COP(=O)(O)OCC[N+](C)(C)C. The quantitative estimate of drug-likeness (QED) is 0.0213. The molecule has 0 aromatic carbocycles. The zero-order valence-corrected chi connectivity index (χ0v) is 39.3. The van der Waals surface area contributed by atoms with Gasteiger partial charge in [-0.25, -0.2) is 4.57 Å². The lowest BCUT2D eigenvalue weighted by atomic mass is 10.1. The molecule has 0 radical (unpaired) electrons. The van der Waals surface area contributed by atoms with Gasteiger partial charge in [-0.3, -0.25) is 18.6 Å². The van der Waals surface area contributed by atoms with Gasteiger partial charge in [0.05, 0.1) is 27.7 Å². The summed E-state index contributed by atoms with van der Waals surface area (Å²) in [4.78, 5) is 35.4. The Morgan fingerprint density at radius 3 is 1.35 bits per heavy atom. The Bertz CT molecular complexity index is 1340. The molecule has 0 spiro atoms. The van der Waals surface area contributed by atoms with E-state index in [0.717, 1.165) is 103 Å². The van der Waals surface area contributed by atoms with Crippen molar-refractivity contribution in [3.05, 3.63) is 97.2 Å². The minimum Gasteiger partial charge on any atom is -0.462 e. The molecule has 1 N–H and O–H groups in total. The minimum absolute atomic E-state index is 0.0174. The summed E-state index contributed by atoms with van der Waals surface area (Å²) in [5.74, 6) is -0.857. The number of phosphoric acid groups is 1. The Labute approximate surface area is 366 Å². The minimum atomic E-state index is -4.40. The molecule has 0 aliphatic heterocycles. The molecule has 2 atom stereocenters. The average Bonchev–Trinajstić information content (AvgIpc) is 3.20. The van der Waals surface area contributed by atoms with Gasteiger partial charge in [-0.1, -0.05) is 150 Å². The highest BCUT2D eigenvalue weighted by molar-refractivity contribution is 7.47. The van der Waals surface area contributed by atoms with Gasteiger partial charge >= 0.3 is 19.8 Å². The molecule has 2 unspecified atom stereocenters. The molecule has 0 saturated carbocycles. The van der Waals surface area contributed by atoms with Gasteiger partial charge in [0.25, 0.3) is 0 Å². The van der Waals surface area contributed by atoms with Gasteiger partial charge in [0, 0.05) is 12.8 Å². The monoisotopic (exact) mass is 859 g/mol. The second-order valence-corrected chi connectivity index (χ2v) is 17.5. The summed E-state index contributed by atoms with van der Waals surface area (Å²) in [6.45, 7) is 4.12. The maximum Gasteiger partial charge on any atom is 0.472 e. The van der Waals surface area contributed by atoms with Crippen molar-refractivity contribution in [3.8, 4) is 0 Å². The van der Waals surface area contributed by atoms with Crippen LogP contribution in [0.25, 0.3) is 0 Å². The van der Waals surface area contributed by atoms with Crippen LogP contribution in [-0.2, 0) is 32.7 Å². The first-order valence-electron chi connectivity index (χ1n) is 23.0. The van der Waals surface area contributed by atoms with E-state index < -0.39 is 32.5 Å². The molecule has 0 rings (SSSR count). The lowest BCUT2D eigenvalue weighted by molar-refractivity contribution is -0.870. The van der Waals surface area contributed by atoms with Crippen molar-refractivity contribution in [2.45, 2.75) is 161 Å². The van der Waals surface area contributed by atoms with Crippen molar-refractivity contribution in [1.29, 1.82) is 0 Å². The number of hydrogen-bond acceptors (Lipinski definition) is 7. The van der Waals surface area contributed by atoms with Crippen molar-refractivity contribution in [2.75, 3.05) is 47.5 Å². The number of allylic oxidation sites excluding steroid dienone is 16. The number of ether oxygens (including phenoxy) is 2. The van der Waals surface area contributed by atoms with Crippen molar-refractivity contribution < 1.29 is 42.1 Å². The van der Waals surface area contributed by atoms with Crippen molar-refractivity contribution in [2.24, 2.45) is 0 Å². The van der Waals surface area contributed by atoms with Crippen LogP contribution in [0.1, 0.15) is 155 Å². The second-order valence-electron chi connectivity index (χ2n) is 16.0. The fourth-order valence-electron chi connectivity index (χ4n) is 5.58. The number of carbonyl (C=O) groups excluding carboxylic acids is 2. The molecule has 0 heterocycles. The zero-order chi connectivity index (χ0) is 44.3. The van der Waals surface area contributed by atoms with Gasteiger partial charge in [-0.05, 0) is 89.9 Å². The molecule has 0 fully saturated rings. The smallest absolute Gasteiger partial charge is 0.462 e. The van der Waals surface area contributed by atoms with Crippen LogP contribution in [0, 0.1) is 0 Å². The standard InChI is InChI=1S/C50H84NO8P/c1-6-8-10-12-14-16-18-20-22-24-25-27-29-31-33-35-37-39-41-43-50(53)59-48(47-58-60(54,55)57-45-44-51(3,4)5)46-56-49(52)42-40-38-36-34-32-30-28-26-23-21-19-17-15-13-11-9-7-2/h8-11,14-17,20-23,25,27,31,33,48H,6-7,12-13,18-19,24,26,28-30,32,34-47H2,1-5H3/p+1/b10-8-,11-9-,16-14-,17-15-,22-20-,23-21-,27-25-,33-31-. The van der Waals surface area contributed by atoms with Crippen LogP contribution in [0.3, 0.4) is 0 Å². The van der Waals surface area contributed by atoms with Crippen LogP contribution in [0.4, 0.5) is 0 Å². The van der Waals surface area contributed by atoms with E-state index in [-0.39, 0.29) is 26.1 Å². The molecular formula is C50H85NO8P+. The molecule has 0 bridgehead atoms. The molecule has 0 aliphatic rings. The Kier molecular flexibility index (Phi) is 39.2. The Hall–Kier alpha value is -3.07. The Morgan fingerprint density at radius 1 is 0.517 bits per heavy atom. The number of esters is 2. The predicted octanol–water partition coefficient (Wildman–Crippen LogP) is 13.4. The summed E-state index contributed by atoms with van der Waals surface area (Å²) < 4.78 is 34.3. The van der Waals surface area contributed by atoms with Gasteiger partial charge < -0.3 is 18.9 Å². The van der Waals surface area contributed by atoms with Crippen LogP contribution >= 0.6 is 7.82 Å². The zero-order valence-electron chi connectivity index (χ0n) is 38.4. The van der Waals surface area contributed by atoms with Crippen LogP contribution in [0.2, 0.25) is 0 Å². The first-order chi connectivity index (χ1) is 29.0. The van der Waals surface area contributed by atoms with E-state index in [1.54, 1.807) is 0 Å². The maximum absolute atomic E-state index is 12.7. The summed E-state index contributed by atoms with van der Waals surface area (Å²) in [5, 5.41) is 0. The molecule has 9 nitrogen and oxygen atoms in total. The van der Waals surface area contributed by atoms with Gasteiger partial charge in [0.1, 0.15) is 19.8 Å². The van der Waals surface area contributed by atoms with E-state index in [1.807, 2.05) is 21.1 Å². The van der Waals surface area contributed by atoms with Gasteiger partial charge in [0.2, 0.25) is 0 Å². The van der Waals surface area contributed by atoms with Gasteiger partial charge in [0.15, 0.2) is 6.10 Å². The summed E-state index contributed by atoms with van der Waals surface area (Å²) >= 11 is 0. The number of carbonyl (C=O) groups is 2. The maximum atomic E-state index is 12.7. The highest BCUT2D eigenvalue weighted by atomic mass is 31.2. The third-order valence-corrected chi connectivity index (χ3v) is 10.1. The summed E-state index contributed by atoms with van der Waals surface area (Å²) in [7, 11) is 1.43. The highest BCUT2D eigenvalue weighted by Gasteiger charge is 2.27. The summed E-state index contributed by atoms with van der Waals surface area (Å²) in [6, 6.07) is 0. The number of hydrogen-bond donors (Lipinski definition) is 1. The van der Waals surface area contributed by atoms with E-state index in [2.05, 4.69) is 111 Å². The molecule has 0 aliphatic carbocycles. The number of unbranched alkanes of at least 4 members (excludes halogenated alkanes) is 10. The lowest BCUT2D eigenvalue weighted by Crippen LogP contribution is -2.37. The number of phosphoric ester groups is 1. The van der Waals surface area contributed by atoms with Crippen LogP contribution in [0.5, 0.6) is 0 Å². The first-order valence-corrected chi connectivity index (χ1v) is 24.5. The normalized spacial score (nSPS) is 14.4. The fourth-order valence-corrected chi connectivity index (χ4v) is 6.32. The van der Waals surface area contributed by atoms with E-state index in [9.17, 15) is 19.0 Å². The number of rotatable bonds is 40. The summed E-state index contributed by atoms with van der Waals surface area (Å²) in [5.41, 5.74) is 0. The van der Waals surface area contributed by atoms with E-state index in [4.69, 9.17) is 18.5 Å². The molecule has 0 saturated heterocycles. The molecule has 0 aromatic heterocycles. The first kappa shape index (κ1) is 56.9. The second kappa shape index (κ2) is 41.3. The van der Waals surface area contributed by atoms with E-state index >= 15 is 0 Å². The number of quaternary nitrogens is 1. The average molecular weight is 859 g/mol. The number of nitrogens with zero attached hydrogens (tertiary/aromatic N) is 1. The molecule has 60 heavy (non-hydrogen) atoms. The topological polar surface area (TPSA) is 108 Å². The molecule has 342 valence electrons. The van der Waals surface area contributed by atoms with Crippen LogP contribution in [0.15, 0.2) is 97.2 Å². The summed E-state index contributed by atoms with van der Waals surface area (Å²) in [6.07, 6.45) is 54.5. The van der Waals surface area contributed by atoms with E-state index in [1.165, 1.54) is 19.3 Å². The fraction of sp³-hybridized carbons (Fsp3) is 0.640. The van der Waals surface area contributed by atoms with Crippen molar-refractivity contribution >= 4 is 19.8 Å². The Balaban J connectivity index is 4.44. The van der Waals surface area contributed by atoms with Gasteiger partial charge in [-0.15, -0.1) is 0 Å². The van der Waals surface area contributed by atoms with E-state index in [0.29, 0.717) is 17.4 Å². The predicted molar refractivity (Wildman–Crippen MR) is 252 cm³/mol. The van der Waals surface area contributed by atoms with Crippen molar-refractivity contribution in [1.82, 2.24) is 0 Å². The molecular weight excluding hydrogens is 774 g/mol. The van der Waals surface area contributed by atoms with Gasteiger partial charge in [-0.2, -0.15) is 0 Å². The highest BCUT2D eigenvalue weighted by Crippen LogP contribution is 2.43. The third kappa shape index (κ3) is 44.5. The molecule has 10 heteroatoms. The lowest BCUT2D eigenvalue weighted by Gasteiger charge is -2.24. The molecule has 0 amide bonds. The number of likely N-dealkylation sites (N-methyl/N-ethyl adjacent to an activating group) is 1. The largest absolute Gasteiger partial charge is 0.472 e. The van der Waals surface area contributed by atoms with Crippen LogP contribution in [-0.4, -0.2) is 74.9 Å². The van der Waals surface area contributed by atoms with Crippen LogP contribution < -0.4 is 0 Å². The Morgan fingerprint density at radius 2 is 0.900 bits per heavy atom. The third-order valence-electron chi connectivity index (χ3n) is 9.11.